The Balaban J connectivity index is 2.16. The lowest BCUT2D eigenvalue weighted by atomic mass is 10.0. The summed E-state index contributed by atoms with van der Waals surface area (Å²) < 4.78 is 63.1. The normalized spacial score (nSPS) is 17.0. The average Bonchev–Trinajstić information content (AvgIpc) is 2.35. The summed E-state index contributed by atoms with van der Waals surface area (Å²) in [6, 6.07) is 3.38. The molecule has 0 saturated carbocycles. The molecule has 0 radical (unpaired) electrons. The summed E-state index contributed by atoms with van der Waals surface area (Å²) in [5.41, 5.74) is 1.75. The molecule has 8 heteroatoms. The topological polar surface area (TPSA) is 58.2 Å². The van der Waals surface area contributed by atoms with Crippen molar-refractivity contribution in [2.24, 2.45) is 0 Å². The third kappa shape index (κ3) is 4.34. The van der Waals surface area contributed by atoms with Crippen molar-refractivity contribution in [3.05, 3.63) is 23.8 Å². The minimum Gasteiger partial charge on any atom is -0.385 e. The summed E-state index contributed by atoms with van der Waals surface area (Å²) in [6.07, 6.45) is -3.77. The maximum absolute atomic E-state index is 12.3. The number of halogens is 3. The van der Waals surface area contributed by atoms with E-state index in [1.54, 1.807) is 6.07 Å². The zero-order valence-electron chi connectivity index (χ0n) is 11.5. The van der Waals surface area contributed by atoms with Crippen LogP contribution in [0.2, 0.25) is 0 Å². The molecule has 0 bridgehead atoms. The molecule has 1 aliphatic rings. The largest absolute Gasteiger partial charge is 0.390 e. The monoisotopic (exact) mass is 322 g/mol. The highest BCUT2D eigenvalue weighted by molar-refractivity contribution is 7.89. The summed E-state index contributed by atoms with van der Waals surface area (Å²) in [7, 11) is -3.96. The fourth-order valence-electron chi connectivity index (χ4n) is 2.33. The molecule has 1 aliphatic heterocycles. The lowest BCUT2D eigenvalue weighted by Gasteiger charge is -2.20. The third-order valence-electron chi connectivity index (χ3n) is 3.22. The Morgan fingerprint density at radius 2 is 2.10 bits per heavy atom. The van der Waals surface area contributed by atoms with Gasteiger partial charge in [-0.25, -0.2) is 13.1 Å². The fraction of sp³-hybridized carbons (Fsp3) is 0.538. The quantitative estimate of drug-likeness (QED) is 0.896. The molecular weight excluding hydrogens is 305 g/mol. The molecule has 2 rings (SSSR count). The van der Waals surface area contributed by atoms with E-state index in [0.717, 1.165) is 30.6 Å². The zero-order chi connectivity index (χ0) is 15.7. The summed E-state index contributed by atoms with van der Waals surface area (Å²) in [4.78, 5) is -0.0234. The van der Waals surface area contributed by atoms with Crippen LogP contribution in [0.1, 0.15) is 25.3 Å². The van der Waals surface area contributed by atoms with Crippen LogP contribution in [0.25, 0.3) is 0 Å². The van der Waals surface area contributed by atoms with Gasteiger partial charge >= 0.3 is 6.18 Å². The maximum Gasteiger partial charge on any atom is 0.390 e. The van der Waals surface area contributed by atoms with E-state index < -0.39 is 28.7 Å². The first-order chi connectivity index (χ1) is 9.67. The SMILES string of the molecule is CC(CC(F)(F)F)NS(=O)(=O)c1ccc2c(c1)NCCC2. The first kappa shape index (κ1) is 16.1. The molecule has 118 valence electrons. The van der Waals surface area contributed by atoms with Crippen molar-refractivity contribution in [3.63, 3.8) is 0 Å². The van der Waals surface area contributed by atoms with E-state index in [1.807, 2.05) is 0 Å². The van der Waals surface area contributed by atoms with E-state index in [-0.39, 0.29) is 4.90 Å². The van der Waals surface area contributed by atoms with Crippen LogP contribution >= 0.6 is 0 Å². The molecule has 4 nitrogen and oxygen atoms in total. The van der Waals surface area contributed by atoms with Crippen LogP contribution in [-0.2, 0) is 16.4 Å². The van der Waals surface area contributed by atoms with Crippen molar-refractivity contribution in [1.82, 2.24) is 4.72 Å². The number of nitrogens with one attached hydrogen (secondary N) is 2. The lowest BCUT2D eigenvalue weighted by Crippen LogP contribution is -2.36. The Morgan fingerprint density at radius 3 is 2.76 bits per heavy atom. The van der Waals surface area contributed by atoms with E-state index in [0.29, 0.717) is 0 Å². The standard InChI is InChI=1S/C13H17F3N2O2S/c1-9(8-13(14,15)16)18-21(19,20)11-5-4-10-3-2-6-17-12(10)7-11/h4-5,7,9,17-18H,2-3,6,8H2,1H3. The second kappa shape index (κ2) is 5.84. The van der Waals surface area contributed by atoms with Crippen molar-refractivity contribution < 1.29 is 21.6 Å². The van der Waals surface area contributed by atoms with Crippen LogP contribution in [0.15, 0.2) is 23.1 Å². The summed E-state index contributed by atoms with van der Waals surface area (Å²) in [5, 5.41) is 3.09. The van der Waals surface area contributed by atoms with Gasteiger partial charge in [0, 0.05) is 18.3 Å². The smallest absolute Gasteiger partial charge is 0.385 e. The Morgan fingerprint density at radius 1 is 1.38 bits per heavy atom. The van der Waals surface area contributed by atoms with Gasteiger partial charge in [-0.05, 0) is 37.5 Å². The number of rotatable bonds is 4. The second-order valence-electron chi connectivity index (χ2n) is 5.19. The van der Waals surface area contributed by atoms with Gasteiger partial charge in [0.1, 0.15) is 0 Å². The number of anilines is 1. The van der Waals surface area contributed by atoms with Gasteiger partial charge < -0.3 is 5.32 Å². The molecule has 21 heavy (non-hydrogen) atoms. The van der Waals surface area contributed by atoms with Crippen LogP contribution in [0.5, 0.6) is 0 Å². The van der Waals surface area contributed by atoms with Gasteiger partial charge in [0.05, 0.1) is 11.3 Å². The Bertz CT molecular complexity index is 614. The first-order valence-corrected chi connectivity index (χ1v) is 8.11. The summed E-state index contributed by atoms with van der Waals surface area (Å²) in [5.74, 6) is 0. The fourth-order valence-corrected chi connectivity index (χ4v) is 3.60. The predicted octanol–water partition coefficient (Wildman–Crippen LogP) is 2.66. The van der Waals surface area contributed by atoms with Crippen molar-refractivity contribution in [2.45, 2.75) is 43.3 Å². The highest BCUT2D eigenvalue weighted by Gasteiger charge is 2.32. The van der Waals surface area contributed by atoms with Gasteiger partial charge in [0.15, 0.2) is 0 Å². The van der Waals surface area contributed by atoms with Crippen LogP contribution in [-0.4, -0.2) is 27.2 Å². The number of benzene rings is 1. The van der Waals surface area contributed by atoms with Gasteiger partial charge in [-0.15, -0.1) is 0 Å². The summed E-state index contributed by atoms with van der Waals surface area (Å²) in [6.45, 7) is 1.95. The molecule has 0 aliphatic carbocycles. The molecule has 0 aromatic heterocycles. The van der Waals surface area contributed by atoms with Gasteiger partial charge in [-0.1, -0.05) is 6.07 Å². The number of hydrogen-bond acceptors (Lipinski definition) is 3. The van der Waals surface area contributed by atoms with E-state index in [4.69, 9.17) is 0 Å². The molecule has 0 amide bonds. The molecule has 2 N–H and O–H groups in total. The predicted molar refractivity (Wildman–Crippen MR) is 73.7 cm³/mol. The number of sulfonamides is 1. The van der Waals surface area contributed by atoms with Gasteiger partial charge in [0.25, 0.3) is 0 Å². The van der Waals surface area contributed by atoms with Gasteiger partial charge in [-0.3, -0.25) is 0 Å². The highest BCUT2D eigenvalue weighted by atomic mass is 32.2. The van der Waals surface area contributed by atoms with E-state index in [9.17, 15) is 21.6 Å². The number of alkyl halides is 3. The molecular formula is C13H17F3N2O2S. The molecule has 0 spiro atoms. The third-order valence-corrected chi connectivity index (χ3v) is 4.81. The minimum atomic E-state index is -4.40. The molecule has 0 fully saturated rings. The van der Waals surface area contributed by atoms with Crippen LogP contribution in [0, 0.1) is 0 Å². The summed E-state index contributed by atoms with van der Waals surface area (Å²) >= 11 is 0. The van der Waals surface area contributed by atoms with Gasteiger partial charge in [0.2, 0.25) is 10.0 Å². The van der Waals surface area contributed by atoms with Gasteiger partial charge in [-0.2, -0.15) is 13.2 Å². The van der Waals surface area contributed by atoms with E-state index >= 15 is 0 Å². The number of hydrogen-bond donors (Lipinski definition) is 2. The first-order valence-electron chi connectivity index (χ1n) is 6.63. The number of aryl methyl sites for hydroxylation is 1. The van der Waals surface area contributed by atoms with E-state index in [2.05, 4.69) is 10.0 Å². The van der Waals surface area contributed by atoms with Crippen molar-refractivity contribution in [1.29, 1.82) is 0 Å². The average molecular weight is 322 g/mol. The zero-order valence-corrected chi connectivity index (χ0v) is 12.3. The second-order valence-corrected chi connectivity index (χ2v) is 6.90. The van der Waals surface area contributed by atoms with Crippen LogP contribution < -0.4 is 10.0 Å². The van der Waals surface area contributed by atoms with Crippen molar-refractivity contribution >= 4 is 15.7 Å². The molecule has 1 unspecified atom stereocenters. The molecule has 1 atom stereocenters. The Labute approximate surface area is 121 Å². The number of fused-ring (bicyclic) bond motifs is 1. The van der Waals surface area contributed by atoms with Crippen LogP contribution in [0.3, 0.4) is 0 Å². The molecule has 0 saturated heterocycles. The lowest BCUT2D eigenvalue weighted by molar-refractivity contribution is -0.137. The van der Waals surface area contributed by atoms with E-state index in [1.165, 1.54) is 19.1 Å². The molecule has 1 aromatic carbocycles. The maximum atomic E-state index is 12.3. The molecule has 1 heterocycles. The minimum absolute atomic E-state index is 0.0234. The highest BCUT2D eigenvalue weighted by Crippen LogP contribution is 2.26. The Hall–Kier alpha value is -1.28. The van der Waals surface area contributed by atoms with Crippen molar-refractivity contribution in [3.8, 4) is 0 Å². The van der Waals surface area contributed by atoms with Crippen LogP contribution in [0.4, 0.5) is 18.9 Å². The molecule has 1 aromatic rings. The van der Waals surface area contributed by atoms with Crippen molar-refractivity contribution in [2.75, 3.05) is 11.9 Å². The Kier molecular flexibility index (Phi) is 4.48.